The van der Waals surface area contributed by atoms with Crippen LogP contribution in [0.4, 0.5) is 0 Å². The molecule has 0 bridgehead atoms. The molecule has 0 atom stereocenters. The van der Waals surface area contributed by atoms with E-state index in [2.05, 4.69) is 89.2 Å². The third-order valence-electron chi connectivity index (χ3n) is 6.99. The largest absolute Gasteiger partial charge is 0.333 e. The molecule has 5 rings (SSSR count). The van der Waals surface area contributed by atoms with Crippen LogP contribution in [0.1, 0.15) is 56.4 Å². The lowest BCUT2D eigenvalue weighted by Crippen LogP contribution is -2.25. The molecule has 2 heterocycles. The third kappa shape index (κ3) is 5.37. The van der Waals surface area contributed by atoms with Crippen molar-refractivity contribution in [3.05, 3.63) is 106 Å². The molecular formula is C31H34N6O. The van der Waals surface area contributed by atoms with Crippen LogP contribution in [0, 0.1) is 0 Å². The summed E-state index contributed by atoms with van der Waals surface area (Å²) < 4.78 is 3.79. The number of nitrogens with one attached hydrogen (secondary N) is 1. The molecule has 0 spiro atoms. The van der Waals surface area contributed by atoms with E-state index in [-0.39, 0.29) is 5.69 Å². The zero-order valence-corrected chi connectivity index (χ0v) is 22.1. The molecule has 0 aliphatic carbocycles. The first-order valence-corrected chi connectivity index (χ1v) is 13.5. The number of benzene rings is 3. The molecule has 7 heteroatoms. The highest BCUT2D eigenvalue weighted by molar-refractivity contribution is 5.80. The second-order valence-corrected chi connectivity index (χ2v) is 9.67. The van der Waals surface area contributed by atoms with Crippen molar-refractivity contribution in [2.24, 2.45) is 0 Å². The van der Waals surface area contributed by atoms with Crippen LogP contribution in [0.25, 0.3) is 28.2 Å². The summed E-state index contributed by atoms with van der Waals surface area (Å²) in [5.41, 5.74) is 7.41. The highest BCUT2D eigenvalue weighted by Crippen LogP contribution is 2.30. The monoisotopic (exact) mass is 506 g/mol. The first-order chi connectivity index (χ1) is 18.7. The van der Waals surface area contributed by atoms with Crippen molar-refractivity contribution in [1.29, 1.82) is 0 Å². The van der Waals surface area contributed by atoms with E-state index in [1.165, 1.54) is 5.56 Å². The molecular weight excluding hydrogens is 472 g/mol. The lowest BCUT2D eigenvalue weighted by atomic mass is 9.98. The molecule has 0 aliphatic heterocycles. The number of nitrogens with zero attached hydrogens (tertiary/aromatic N) is 5. The Bertz CT molecular complexity index is 1530. The number of hydrogen-bond donors (Lipinski definition) is 1. The average molecular weight is 507 g/mol. The van der Waals surface area contributed by atoms with Crippen LogP contribution >= 0.6 is 0 Å². The summed E-state index contributed by atoms with van der Waals surface area (Å²) in [5, 5.41) is 14.5. The fraction of sp³-hybridized carbons (Fsp3) is 0.290. The maximum absolute atomic E-state index is 13.8. The molecule has 0 saturated heterocycles. The second kappa shape index (κ2) is 11.9. The van der Waals surface area contributed by atoms with E-state index in [9.17, 15) is 4.79 Å². The van der Waals surface area contributed by atoms with Gasteiger partial charge in [-0.25, -0.2) is 4.79 Å². The summed E-state index contributed by atoms with van der Waals surface area (Å²) in [4.78, 5) is 13.8. The highest BCUT2D eigenvalue weighted by Gasteiger charge is 2.16. The van der Waals surface area contributed by atoms with E-state index in [1.807, 2.05) is 33.4 Å². The number of H-pyrrole nitrogens is 1. The number of aromatic amines is 1. The zero-order chi connectivity index (χ0) is 26.3. The molecule has 38 heavy (non-hydrogen) atoms. The number of rotatable bonds is 11. The predicted molar refractivity (Wildman–Crippen MR) is 151 cm³/mol. The molecule has 0 aliphatic rings. The molecule has 1 N–H and O–H groups in total. The Hall–Kier alpha value is -4.26. The number of unbranched alkanes of at least 4 members (excludes halogenated alkanes) is 2. The molecule has 2 aromatic heterocycles. The Labute approximate surface area is 223 Å². The Morgan fingerprint density at radius 1 is 0.816 bits per heavy atom. The van der Waals surface area contributed by atoms with E-state index in [0.717, 1.165) is 72.2 Å². The summed E-state index contributed by atoms with van der Waals surface area (Å²) in [7, 11) is 0. The second-order valence-electron chi connectivity index (χ2n) is 9.67. The molecule has 3 aromatic carbocycles. The van der Waals surface area contributed by atoms with Gasteiger partial charge in [0.1, 0.15) is 0 Å². The van der Waals surface area contributed by atoms with E-state index < -0.39 is 0 Å². The van der Waals surface area contributed by atoms with E-state index in [0.29, 0.717) is 12.4 Å². The smallest absolute Gasteiger partial charge is 0.292 e. The lowest BCUT2D eigenvalue weighted by molar-refractivity contribution is 0.653. The molecule has 0 saturated carbocycles. The van der Waals surface area contributed by atoms with Crippen molar-refractivity contribution in [1.82, 2.24) is 29.8 Å². The zero-order valence-electron chi connectivity index (χ0n) is 22.1. The standard InChI is InChI=1S/C31H34N6O/c1-3-5-6-13-26-22-37(29-16-10-7-12-25(29)11-4-2)31(38)36(26)21-23-17-19-24(20-18-23)27-14-8-9-15-28(27)30-32-34-35-33-30/h7-10,12,14-20,22H,3-6,11,13,21H2,1-2H3,(H,32,33,34,35). The first kappa shape index (κ1) is 25.4. The average Bonchev–Trinajstić information content (AvgIpc) is 3.59. The number of para-hydroxylation sites is 1. The minimum Gasteiger partial charge on any atom is -0.292 e. The maximum atomic E-state index is 13.8. The van der Waals surface area contributed by atoms with Gasteiger partial charge in [-0.2, -0.15) is 5.21 Å². The van der Waals surface area contributed by atoms with Crippen molar-refractivity contribution in [2.45, 2.75) is 58.9 Å². The number of imidazole rings is 1. The fourth-order valence-electron chi connectivity index (χ4n) is 5.03. The van der Waals surface area contributed by atoms with Gasteiger partial charge in [0.25, 0.3) is 0 Å². The van der Waals surface area contributed by atoms with Gasteiger partial charge in [-0.3, -0.25) is 9.13 Å². The van der Waals surface area contributed by atoms with Crippen LogP contribution in [0.3, 0.4) is 0 Å². The van der Waals surface area contributed by atoms with E-state index in [1.54, 1.807) is 0 Å². The molecule has 0 amide bonds. The summed E-state index contributed by atoms with van der Waals surface area (Å²) in [5.74, 6) is 0.567. The van der Waals surface area contributed by atoms with Gasteiger partial charge < -0.3 is 0 Å². The fourth-order valence-corrected chi connectivity index (χ4v) is 5.03. The first-order valence-electron chi connectivity index (χ1n) is 13.5. The molecule has 0 unspecified atom stereocenters. The quantitative estimate of drug-likeness (QED) is 0.216. The third-order valence-corrected chi connectivity index (χ3v) is 6.99. The van der Waals surface area contributed by atoms with E-state index >= 15 is 0 Å². The van der Waals surface area contributed by atoms with Crippen molar-refractivity contribution < 1.29 is 0 Å². The van der Waals surface area contributed by atoms with E-state index in [4.69, 9.17) is 0 Å². The number of aryl methyl sites for hydroxylation is 2. The Morgan fingerprint density at radius 3 is 2.32 bits per heavy atom. The molecule has 5 aromatic rings. The number of tetrazole rings is 1. The Morgan fingerprint density at radius 2 is 1.58 bits per heavy atom. The van der Waals surface area contributed by atoms with Gasteiger partial charge in [-0.1, -0.05) is 99.8 Å². The number of hydrogen-bond acceptors (Lipinski definition) is 4. The van der Waals surface area contributed by atoms with Gasteiger partial charge in [0.2, 0.25) is 5.82 Å². The van der Waals surface area contributed by atoms with Crippen molar-refractivity contribution in [3.63, 3.8) is 0 Å². The van der Waals surface area contributed by atoms with Gasteiger partial charge >= 0.3 is 5.69 Å². The van der Waals surface area contributed by atoms with Gasteiger partial charge in [-0.15, -0.1) is 10.2 Å². The summed E-state index contributed by atoms with van der Waals surface area (Å²) in [6.07, 6.45) is 8.31. The van der Waals surface area contributed by atoms with Crippen LogP contribution in [0.5, 0.6) is 0 Å². The summed E-state index contributed by atoms with van der Waals surface area (Å²) >= 11 is 0. The summed E-state index contributed by atoms with van der Waals surface area (Å²) in [6, 6.07) is 24.7. The molecule has 0 fully saturated rings. The van der Waals surface area contributed by atoms with Crippen LogP contribution in [-0.2, 0) is 19.4 Å². The minimum atomic E-state index is 0.0200. The highest BCUT2D eigenvalue weighted by atomic mass is 16.1. The van der Waals surface area contributed by atoms with Crippen molar-refractivity contribution in [3.8, 4) is 28.2 Å². The number of aromatic nitrogens is 6. The summed E-state index contributed by atoms with van der Waals surface area (Å²) in [6.45, 7) is 4.92. The Kier molecular flexibility index (Phi) is 7.92. The normalized spacial score (nSPS) is 11.2. The van der Waals surface area contributed by atoms with Crippen LogP contribution in [-0.4, -0.2) is 29.8 Å². The molecule has 0 radical (unpaired) electrons. The topological polar surface area (TPSA) is 81.4 Å². The van der Waals surface area contributed by atoms with Crippen LogP contribution in [0.2, 0.25) is 0 Å². The SMILES string of the molecule is CCCCCc1cn(-c2ccccc2CCC)c(=O)n1Cc1ccc(-c2ccccc2-c2nn[nH]n2)cc1. The Balaban J connectivity index is 1.47. The van der Waals surface area contributed by atoms with Crippen LogP contribution < -0.4 is 5.69 Å². The van der Waals surface area contributed by atoms with Gasteiger partial charge in [0.15, 0.2) is 0 Å². The van der Waals surface area contributed by atoms with Gasteiger partial charge in [-0.05, 0) is 52.8 Å². The molecule has 7 nitrogen and oxygen atoms in total. The lowest BCUT2D eigenvalue weighted by Gasteiger charge is -2.10. The van der Waals surface area contributed by atoms with Gasteiger partial charge in [0.05, 0.1) is 12.2 Å². The van der Waals surface area contributed by atoms with Gasteiger partial charge in [0, 0.05) is 17.5 Å². The maximum Gasteiger partial charge on any atom is 0.333 e. The van der Waals surface area contributed by atoms with Crippen LogP contribution in [0.15, 0.2) is 83.8 Å². The van der Waals surface area contributed by atoms with Crippen molar-refractivity contribution >= 4 is 0 Å². The molecule has 194 valence electrons. The van der Waals surface area contributed by atoms with Crippen molar-refractivity contribution in [2.75, 3.05) is 0 Å². The predicted octanol–water partition coefficient (Wildman–Crippen LogP) is 6.22. The minimum absolute atomic E-state index is 0.0200.